The molecule has 0 unspecified atom stereocenters. The first-order chi connectivity index (χ1) is 8.15. The van der Waals surface area contributed by atoms with Crippen molar-refractivity contribution >= 4 is 51.7 Å². The number of pyridine rings is 1. The number of rotatable bonds is 2. The third-order valence-corrected chi connectivity index (χ3v) is 2.77. The van der Waals surface area contributed by atoms with Crippen LogP contribution in [0.1, 0.15) is 10.4 Å². The number of nitrogens with one attached hydrogen (secondary N) is 1. The fourth-order valence-electron chi connectivity index (χ4n) is 1.27. The summed E-state index contributed by atoms with van der Waals surface area (Å²) in [7, 11) is 0. The number of anilines is 1. The summed E-state index contributed by atoms with van der Waals surface area (Å²) in [6.45, 7) is 0. The summed E-state index contributed by atoms with van der Waals surface area (Å²) in [6.07, 6.45) is 1.48. The number of hydrogen-bond donors (Lipinski definition) is 1. The highest BCUT2D eigenvalue weighted by Crippen LogP contribution is 2.14. The Kier molecular flexibility index (Phi) is 5.59. The maximum absolute atomic E-state index is 11.8. The Hall–Kier alpha value is -1.10. The lowest BCUT2D eigenvalue weighted by atomic mass is 10.2. The van der Waals surface area contributed by atoms with Crippen molar-refractivity contribution in [3.63, 3.8) is 0 Å². The van der Waals surface area contributed by atoms with Crippen LogP contribution in [0.25, 0.3) is 0 Å². The van der Waals surface area contributed by atoms with Crippen molar-refractivity contribution in [3.8, 4) is 0 Å². The summed E-state index contributed by atoms with van der Waals surface area (Å²) in [5, 5.41) is 3.22. The molecule has 2 rings (SSSR count). The van der Waals surface area contributed by atoms with Crippen molar-refractivity contribution in [3.05, 3.63) is 57.7 Å². The molecular weight excluding hydrogens is 339 g/mol. The first-order valence-corrected chi connectivity index (χ1v) is 6.01. The number of aromatic nitrogens is 1. The molecule has 0 aliphatic rings. The zero-order valence-corrected chi connectivity index (χ0v) is 12.2. The van der Waals surface area contributed by atoms with E-state index in [9.17, 15) is 4.79 Å². The molecule has 0 aliphatic heterocycles. The standard InChI is InChI=1S/C12H8BrClN2O.ClH/c13-9-3-1-2-8(6-9)12(17)16-11-5-4-10(14)7-15-11;/h1-7H,(H,15,16,17);1H. The van der Waals surface area contributed by atoms with Gasteiger partial charge in [0.1, 0.15) is 5.82 Å². The highest BCUT2D eigenvalue weighted by Gasteiger charge is 2.06. The lowest BCUT2D eigenvalue weighted by molar-refractivity contribution is 0.102. The maximum Gasteiger partial charge on any atom is 0.256 e. The highest BCUT2D eigenvalue weighted by atomic mass is 79.9. The van der Waals surface area contributed by atoms with E-state index < -0.39 is 0 Å². The van der Waals surface area contributed by atoms with Crippen LogP contribution in [0.15, 0.2) is 47.1 Å². The monoisotopic (exact) mass is 346 g/mol. The van der Waals surface area contributed by atoms with Crippen LogP contribution in [0, 0.1) is 0 Å². The average molecular weight is 348 g/mol. The summed E-state index contributed by atoms with van der Waals surface area (Å²) >= 11 is 9.02. The van der Waals surface area contributed by atoms with Gasteiger partial charge in [0.25, 0.3) is 5.91 Å². The van der Waals surface area contributed by atoms with Gasteiger partial charge in [0.2, 0.25) is 0 Å². The zero-order chi connectivity index (χ0) is 12.3. The summed E-state index contributed by atoms with van der Waals surface area (Å²) in [5.41, 5.74) is 0.566. The van der Waals surface area contributed by atoms with Gasteiger partial charge in [-0.15, -0.1) is 12.4 Å². The Balaban J connectivity index is 0.00000162. The smallest absolute Gasteiger partial charge is 0.256 e. The van der Waals surface area contributed by atoms with E-state index in [0.29, 0.717) is 16.4 Å². The van der Waals surface area contributed by atoms with Crippen LogP contribution in [-0.2, 0) is 0 Å². The van der Waals surface area contributed by atoms with Crippen molar-refractivity contribution < 1.29 is 4.79 Å². The quantitative estimate of drug-likeness (QED) is 0.885. The van der Waals surface area contributed by atoms with Crippen LogP contribution in [0.3, 0.4) is 0 Å². The first-order valence-electron chi connectivity index (χ1n) is 4.83. The molecule has 1 aromatic heterocycles. The number of carbonyl (C=O) groups is 1. The molecule has 94 valence electrons. The molecule has 1 N–H and O–H groups in total. The van der Waals surface area contributed by atoms with Crippen molar-refractivity contribution in [1.82, 2.24) is 4.98 Å². The summed E-state index contributed by atoms with van der Waals surface area (Å²) in [4.78, 5) is 15.8. The number of amides is 1. The molecule has 1 aromatic carbocycles. The van der Waals surface area contributed by atoms with E-state index in [1.54, 1.807) is 30.3 Å². The first kappa shape index (κ1) is 15.0. The Morgan fingerprint density at radius 2 is 2.06 bits per heavy atom. The van der Waals surface area contributed by atoms with Gasteiger partial charge in [0.05, 0.1) is 5.02 Å². The van der Waals surface area contributed by atoms with Crippen molar-refractivity contribution in [2.45, 2.75) is 0 Å². The highest BCUT2D eigenvalue weighted by molar-refractivity contribution is 9.10. The number of carbonyl (C=O) groups excluding carboxylic acids is 1. The van der Waals surface area contributed by atoms with Gasteiger partial charge in [-0.05, 0) is 30.3 Å². The van der Waals surface area contributed by atoms with Gasteiger partial charge in [-0.1, -0.05) is 33.6 Å². The van der Waals surface area contributed by atoms with Crippen LogP contribution in [0.5, 0.6) is 0 Å². The van der Waals surface area contributed by atoms with E-state index in [1.807, 2.05) is 6.07 Å². The van der Waals surface area contributed by atoms with Crippen LogP contribution in [0.2, 0.25) is 5.02 Å². The molecule has 0 fully saturated rings. The minimum atomic E-state index is -0.207. The van der Waals surface area contributed by atoms with Gasteiger partial charge in [-0.3, -0.25) is 4.79 Å². The fraction of sp³-hybridized carbons (Fsp3) is 0. The normalized spacial score (nSPS) is 9.44. The second-order valence-electron chi connectivity index (χ2n) is 3.33. The van der Waals surface area contributed by atoms with Gasteiger partial charge in [-0.2, -0.15) is 0 Å². The second kappa shape index (κ2) is 6.73. The molecule has 0 radical (unpaired) electrons. The van der Waals surface area contributed by atoms with Crippen LogP contribution < -0.4 is 5.32 Å². The molecule has 18 heavy (non-hydrogen) atoms. The van der Waals surface area contributed by atoms with E-state index in [1.165, 1.54) is 6.20 Å². The number of nitrogens with zero attached hydrogens (tertiary/aromatic N) is 1. The third-order valence-electron chi connectivity index (χ3n) is 2.06. The SMILES string of the molecule is Cl.O=C(Nc1ccc(Cl)cn1)c1cccc(Br)c1. The largest absolute Gasteiger partial charge is 0.307 e. The molecule has 6 heteroatoms. The molecule has 1 heterocycles. The summed E-state index contributed by atoms with van der Waals surface area (Å²) in [6, 6.07) is 10.5. The van der Waals surface area contributed by atoms with E-state index in [4.69, 9.17) is 11.6 Å². The molecule has 0 bridgehead atoms. The van der Waals surface area contributed by atoms with E-state index in [2.05, 4.69) is 26.2 Å². The van der Waals surface area contributed by atoms with Crippen molar-refractivity contribution in [2.24, 2.45) is 0 Å². The fourth-order valence-corrected chi connectivity index (χ4v) is 1.78. The zero-order valence-electron chi connectivity index (χ0n) is 9.06. The Morgan fingerprint density at radius 1 is 1.28 bits per heavy atom. The van der Waals surface area contributed by atoms with Crippen molar-refractivity contribution in [2.75, 3.05) is 5.32 Å². The molecule has 0 aliphatic carbocycles. The van der Waals surface area contributed by atoms with Gasteiger partial charge in [0.15, 0.2) is 0 Å². The molecule has 0 atom stereocenters. The number of halogens is 3. The van der Waals surface area contributed by atoms with Crippen LogP contribution >= 0.6 is 39.9 Å². The van der Waals surface area contributed by atoms with Crippen LogP contribution in [0.4, 0.5) is 5.82 Å². The Labute approximate surface area is 124 Å². The molecule has 0 spiro atoms. The Morgan fingerprint density at radius 3 is 2.67 bits per heavy atom. The second-order valence-corrected chi connectivity index (χ2v) is 4.68. The van der Waals surface area contributed by atoms with E-state index >= 15 is 0 Å². The van der Waals surface area contributed by atoms with Gasteiger partial charge in [-0.25, -0.2) is 4.98 Å². The minimum absolute atomic E-state index is 0. The predicted octanol–water partition coefficient (Wildman–Crippen LogP) is 4.17. The lowest BCUT2D eigenvalue weighted by Gasteiger charge is -2.04. The lowest BCUT2D eigenvalue weighted by Crippen LogP contribution is -2.12. The summed E-state index contributed by atoms with van der Waals surface area (Å²) in [5.74, 6) is 0.264. The number of hydrogen-bond acceptors (Lipinski definition) is 2. The Bertz CT molecular complexity index is 546. The number of benzene rings is 1. The topological polar surface area (TPSA) is 42.0 Å². The van der Waals surface area contributed by atoms with Gasteiger partial charge < -0.3 is 5.32 Å². The van der Waals surface area contributed by atoms with Gasteiger partial charge in [0, 0.05) is 16.2 Å². The van der Waals surface area contributed by atoms with Crippen molar-refractivity contribution in [1.29, 1.82) is 0 Å². The summed E-state index contributed by atoms with van der Waals surface area (Å²) < 4.78 is 0.856. The van der Waals surface area contributed by atoms with Crippen LogP contribution in [-0.4, -0.2) is 10.9 Å². The van der Waals surface area contributed by atoms with Gasteiger partial charge >= 0.3 is 0 Å². The molecule has 1 amide bonds. The minimum Gasteiger partial charge on any atom is -0.307 e. The third kappa shape index (κ3) is 3.98. The average Bonchev–Trinajstić information content (AvgIpc) is 2.32. The predicted molar refractivity (Wildman–Crippen MR) is 78.6 cm³/mol. The molecule has 3 nitrogen and oxygen atoms in total. The molecule has 2 aromatic rings. The molecular formula is C12H9BrCl2N2O. The molecule has 0 saturated carbocycles. The maximum atomic E-state index is 11.8. The van der Waals surface area contributed by atoms with E-state index in [-0.39, 0.29) is 18.3 Å². The van der Waals surface area contributed by atoms with E-state index in [0.717, 1.165) is 4.47 Å². The molecule has 0 saturated heterocycles.